The fourth-order valence-corrected chi connectivity index (χ4v) is 4.74. The predicted octanol–water partition coefficient (Wildman–Crippen LogP) is 5.39. The zero-order valence-corrected chi connectivity index (χ0v) is 19.0. The lowest BCUT2D eigenvalue weighted by molar-refractivity contribution is -0.141. The first-order valence-electron chi connectivity index (χ1n) is 11.5. The molecule has 5 heteroatoms. The minimum Gasteiger partial charge on any atom is -0.507 e. The maximum atomic E-state index is 13.2. The normalized spacial score (nSPS) is 21.0. The van der Waals surface area contributed by atoms with Crippen molar-refractivity contribution in [3.05, 3.63) is 70.8 Å². The predicted molar refractivity (Wildman–Crippen MR) is 124 cm³/mol. The fraction of sp³-hybridized carbons (Fsp3) is 0.407. The largest absolute Gasteiger partial charge is 0.507 e. The van der Waals surface area contributed by atoms with E-state index in [1.165, 1.54) is 0 Å². The zero-order chi connectivity index (χ0) is 22.8. The average Bonchev–Trinajstić information content (AvgIpc) is 3.39. The molecule has 4 rings (SSSR count). The van der Waals surface area contributed by atoms with Crippen LogP contribution in [0.5, 0.6) is 5.75 Å². The molecular weight excluding hydrogens is 402 g/mol. The van der Waals surface area contributed by atoms with Gasteiger partial charge in [-0.25, -0.2) is 0 Å². The Labute approximate surface area is 189 Å². The van der Waals surface area contributed by atoms with Crippen LogP contribution in [0.3, 0.4) is 0 Å². The number of carbonyl (C=O) groups is 2. The molecular formula is C27H31NO4. The molecule has 0 radical (unpaired) electrons. The Kier molecular flexibility index (Phi) is 6.35. The molecule has 1 unspecified atom stereocenters. The van der Waals surface area contributed by atoms with Gasteiger partial charge >= 0.3 is 0 Å². The third kappa shape index (κ3) is 4.16. The van der Waals surface area contributed by atoms with E-state index >= 15 is 0 Å². The number of aliphatic hydroxyl groups is 1. The molecule has 1 aliphatic heterocycles. The Morgan fingerprint density at radius 3 is 2.34 bits per heavy atom. The van der Waals surface area contributed by atoms with Gasteiger partial charge in [-0.1, -0.05) is 51.0 Å². The number of aryl methyl sites for hydroxylation is 1. The van der Waals surface area contributed by atoms with Crippen molar-refractivity contribution in [1.29, 1.82) is 0 Å². The number of hydrogen-bond donors (Lipinski definition) is 1. The molecule has 32 heavy (non-hydrogen) atoms. The smallest absolute Gasteiger partial charge is 0.295 e. The number of rotatable bonds is 6. The molecule has 1 aliphatic carbocycles. The summed E-state index contributed by atoms with van der Waals surface area (Å²) < 4.78 is 5.73. The summed E-state index contributed by atoms with van der Waals surface area (Å²) in [6.45, 7) is 6.74. The summed E-state index contributed by atoms with van der Waals surface area (Å²) >= 11 is 0. The van der Waals surface area contributed by atoms with Gasteiger partial charge in [0.15, 0.2) is 0 Å². The minimum absolute atomic E-state index is 0.0214. The number of amides is 1. The monoisotopic (exact) mass is 433 g/mol. The van der Waals surface area contributed by atoms with Crippen LogP contribution in [-0.4, -0.2) is 34.3 Å². The summed E-state index contributed by atoms with van der Waals surface area (Å²) in [4.78, 5) is 28.1. The zero-order valence-electron chi connectivity index (χ0n) is 19.0. The van der Waals surface area contributed by atoms with Gasteiger partial charge in [-0.05, 0) is 61.1 Å². The van der Waals surface area contributed by atoms with Gasteiger partial charge in [-0.15, -0.1) is 0 Å². The third-order valence-corrected chi connectivity index (χ3v) is 6.39. The van der Waals surface area contributed by atoms with Gasteiger partial charge in [0, 0.05) is 11.6 Å². The molecule has 1 saturated carbocycles. The van der Waals surface area contributed by atoms with Crippen LogP contribution in [-0.2, 0) is 9.59 Å². The lowest BCUT2D eigenvalue weighted by Crippen LogP contribution is -2.37. The second-order valence-corrected chi connectivity index (χ2v) is 9.23. The van der Waals surface area contributed by atoms with Crippen LogP contribution >= 0.6 is 0 Å². The maximum Gasteiger partial charge on any atom is 0.295 e. The molecule has 1 amide bonds. The van der Waals surface area contributed by atoms with Gasteiger partial charge in [0.25, 0.3) is 11.7 Å². The van der Waals surface area contributed by atoms with Crippen LogP contribution in [0.1, 0.15) is 62.3 Å². The van der Waals surface area contributed by atoms with Crippen molar-refractivity contribution < 1.29 is 19.4 Å². The highest BCUT2D eigenvalue weighted by Crippen LogP contribution is 2.44. The molecule has 2 aliphatic rings. The molecule has 0 aromatic heterocycles. The highest BCUT2D eigenvalue weighted by Gasteiger charge is 2.49. The second kappa shape index (κ2) is 9.19. The van der Waals surface area contributed by atoms with Crippen molar-refractivity contribution in [1.82, 2.24) is 4.90 Å². The molecule has 0 spiro atoms. The Hall–Kier alpha value is -3.08. The lowest BCUT2D eigenvalue weighted by atomic mass is 9.92. The van der Waals surface area contributed by atoms with E-state index in [4.69, 9.17) is 4.74 Å². The number of benzene rings is 2. The highest BCUT2D eigenvalue weighted by molar-refractivity contribution is 6.46. The number of likely N-dealkylation sites (tertiary alicyclic amines) is 1. The van der Waals surface area contributed by atoms with E-state index in [1.54, 1.807) is 29.2 Å². The van der Waals surface area contributed by atoms with Crippen LogP contribution in [0.15, 0.2) is 54.1 Å². The summed E-state index contributed by atoms with van der Waals surface area (Å²) in [5.41, 5.74) is 2.56. The van der Waals surface area contributed by atoms with Crippen LogP contribution in [0.25, 0.3) is 5.76 Å². The van der Waals surface area contributed by atoms with E-state index in [9.17, 15) is 14.7 Å². The Bertz CT molecular complexity index is 1030. The molecule has 1 heterocycles. The number of carbonyl (C=O) groups excluding carboxylic acids is 2. The molecule has 5 nitrogen and oxygen atoms in total. The van der Waals surface area contributed by atoms with Gasteiger partial charge in [0.05, 0.1) is 18.2 Å². The van der Waals surface area contributed by atoms with Crippen molar-refractivity contribution in [3.8, 4) is 5.75 Å². The fourth-order valence-electron chi connectivity index (χ4n) is 4.74. The second-order valence-electron chi connectivity index (χ2n) is 9.23. The molecule has 1 atom stereocenters. The van der Waals surface area contributed by atoms with Gasteiger partial charge < -0.3 is 14.7 Å². The Morgan fingerprint density at radius 2 is 1.72 bits per heavy atom. The molecule has 0 bridgehead atoms. The van der Waals surface area contributed by atoms with E-state index in [0.29, 0.717) is 23.8 Å². The number of hydrogen-bond acceptors (Lipinski definition) is 4. The van der Waals surface area contributed by atoms with E-state index in [0.717, 1.165) is 36.8 Å². The van der Waals surface area contributed by atoms with Crippen LogP contribution in [0.4, 0.5) is 0 Å². The van der Waals surface area contributed by atoms with Crippen molar-refractivity contribution in [2.45, 2.75) is 58.5 Å². The molecule has 2 aromatic rings. The summed E-state index contributed by atoms with van der Waals surface area (Å²) in [7, 11) is 0. The topological polar surface area (TPSA) is 66.8 Å². The number of ketones is 1. The molecule has 1 N–H and O–H groups in total. The molecule has 168 valence electrons. The summed E-state index contributed by atoms with van der Waals surface area (Å²) in [5.74, 6) is -0.139. The van der Waals surface area contributed by atoms with Crippen molar-refractivity contribution in [3.63, 3.8) is 0 Å². The van der Waals surface area contributed by atoms with Crippen LogP contribution in [0.2, 0.25) is 0 Å². The third-order valence-electron chi connectivity index (χ3n) is 6.39. The number of ether oxygens (including phenoxy) is 1. The van der Waals surface area contributed by atoms with Crippen LogP contribution in [0, 0.1) is 12.8 Å². The van der Waals surface area contributed by atoms with Gasteiger partial charge in [0.2, 0.25) is 0 Å². The van der Waals surface area contributed by atoms with Gasteiger partial charge in [-0.2, -0.15) is 0 Å². The van der Waals surface area contributed by atoms with E-state index in [1.807, 2.05) is 31.2 Å². The molecule has 1 saturated heterocycles. The lowest BCUT2D eigenvalue weighted by Gasteiger charge is -2.31. The van der Waals surface area contributed by atoms with Gasteiger partial charge in [0.1, 0.15) is 11.5 Å². The SMILES string of the molecule is Cc1ccccc1C1/C(=C(/O)c2ccc(OCC(C)C)cc2)C(=O)C(=O)N1C1CCCC1. The van der Waals surface area contributed by atoms with E-state index < -0.39 is 17.7 Å². The van der Waals surface area contributed by atoms with Gasteiger partial charge in [-0.3, -0.25) is 9.59 Å². The highest BCUT2D eigenvalue weighted by atomic mass is 16.5. The Balaban J connectivity index is 1.77. The first-order chi connectivity index (χ1) is 15.4. The van der Waals surface area contributed by atoms with Crippen molar-refractivity contribution in [2.24, 2.45) is 5.92 Å². The van der Waals surface area contributed by atoms with E-state index in [2.05, 4.69) is 13.8 Å². The summed E-state index contributed by atoms with van der Waals surface area (Å²) in [6, 6.07) is 14.3. The van der Waals surface area contributed by atoms with E-state index in [-0.39, 0.29) is 17.4 Å². The minimum atomic E-state index is -0.609. The van der Waals surface area contributed by atoms with Crippen molar-refractivity contribution in [2.75, 3.05) is 6.61 Å². The quantitative estimate of drug-likeness (QED) is 0.377. The average molecular weight is 434 g/mol. The van der Waals surface area contributed by atoms with Crippen molar-refractivity contribution >= 4 is 17.4 Å². The standard InChI is InChI=1S/C27H31NO4/c1-17(2)16-32-21-14-12-19(13-15-21)25(29)23-24(22-11-7-4-8-18(22)3)28(27(31)26(23)30)20-9-5-6-10-20/h4,7-8,11-15,17,20,24,29H,5-6,9-10,16H2,1-3H3/b25-23-. The first kappa shape index (κ1) is 22.1. The molecule has 2 fully saturated rings. The number of aliphatic hydroxyl groups excluding tert-OH is 1. The van der Waals surface area contributed by atoms with Crippen LogP contribution < -0.4 is 4.74 Å². The Morgan fingerprint density at radius 1 is 1.06 bits per heavy atom. The maximum absolute atomic E-state index is 13.2. The summed E-state index contributed by atoms with van der Waals surface area (Å²) in [5, 5.41) is 11.2. The number of Topliss-reactive ketones (excluding diaryl/α,β-unsaturated/α-hetero) is 1. The summed E-state index contributed by atoms with van der Waals surface area (Å²) in [6.07, 6.45) is 3.87. The molecule has 2 aromatic carbocycles. The first-order valence-corrected chi connectivity index (χ1v) is 11.5. The number of nitrogens with zero attached hydrogens (tertiary/aromatic N) is 1.